The van der Waals surface area contributed by atoms with Crippen LogP contribution in [0.5, 0.6) is 0 Å². The molecule has 1 aromatic carbocycles. The molecule has 1 N–H and O–H groups in total. The van der Waals surface area contributed by atoms with Crippen molar-refractivity contribution in [3.05, 3.63) is 47.3 Å². The van der Waals surface area contributed by atoms with Gasteiger partial charge in [-0.3, -0.25) is 4.68 Å². The molecule has 0 saturated carbocycles. The first kappa shape index (κ1) is 16.1. The van der Waals surface area contributed by atoms with Crippen molar-refractivity contribution in [2.24, 2.45) is 7.05 Å². The number of aromatic nitrogens is 2. The number of aryl methyl sites for hydroxylation is 2. The van der Waals surface area contributed by atoms with Crippen molar-refractivity contribution in [1.29, 1.82) is 0 Å². The van der Waals surface area contributed by atoms with Crippen molar-refractivity contribution in [2.75, 3.05) is 6.54 Å². The molecule has 0 aliphatic rings. The molecule has 1 heterocycles. The minimum atomic E-state index is 0.415. The lowest BCUT2D eigenvalue weighted by molar-refractivity contribution is 0.598. The average molecular weight is 303 g/mol. The lowest BCUT2D eigenvalue weighted by Crippen LogP contribution is -2.17. The summed E-state index contributed by atoms with van der Waals surface area (Å²) >= 11 is 1.86. The molecular weight excluding hydrogens is 278 g/mol. The van der Waals surface area contributed by atoms with Crippen molar-refractivity contribution in [2.45, 2.75) is 43.9 Å². The zero-order valence-corrected chi connectivity index (χ0v) is 14.2. The van der Waals surface area contributed by atoms with E-state index in [1.807, 2.05) is 23.5 Å². The Morgan fingerprint density at radius 1 is 1.24 bits per heavy atom. The van der Waals surface area contributed by atoms with Gasteiger partial charge in [0.25, 0.3) is 0 Å². The average Bonchev–Trinajstić information content (AvgIpc) is 2.86. The van der Waals surface area contributed by atoms with Gasteiger partial charge in [0.1, 0.15) is 0 Å². The van der Waals surface area contributed by atoms with Gasteiger partial charge in [0.15, 0.2) is 0 Å². The van der Waals surface area contributed by atoms with E-state index in [9.17, 15) is 0 Å². The third-order valence-corrected chi connectivity index (χ3v) is 4.71. The van der Waals surface area contributed by atoms with Crippen LogP contribution in [0.1, 0.15) is 43.8 Å². The van der Waals surface area contributed by atoms with Crippen LogP contribution >= 0.6 is 11.8 Å². The zero-order valence-electron chi connectivity index (χ0n) is 13.4. The van der Waals surface area contributed by atoms with E-state index in [0.717, 1.165) is 18.7 Å². The number of nitrogens with zero attached hydrogens (tertiary/aromatic N) is 2. The number of rotatable bonds is 7. The minimum Gasteiger partial charge on any atom is -0.310 e. The first-order chi connectivity index (χ1) is 10.1. The highest BCUT2D eigenvalue weighted by atomic mass is 32.2. The maximum absolute atomic E-state index is 4.49. The first-order valence-corrected chi connectivity index (χ1v) is 8.60. The first-order valence-electron chi connectivity index (χ1n) is 7.62. The molecule has 0 bridgehead atoms. The van der Waals surface area contributed by atoms with Crippen LogP contribution in [-0.2, 0) is 19.2 Å². The molecular formula is C17H25N3S. The Morgan fingerprint density at radius 2 is 1.95 bits per heavy atom. The van der Waals surface area contributed by atoms with E-state index >= 15 is 0 Å². The molecule has 1 atom stereocenters. The fourth-order valence-corrected chi connectivity index (χ4v) is 3.23. The molecule has 2 aromatic rings. The lowest BCUT2D eigenvalue weighted by atomic mass is 10.1. The Balaban J connectivity index is 1.95. The molecule has 0 saturated heterocycles. The van der Waals surface area contributed by atoms with E-state index in [1.54, 1.807) is 0 Å². The number of thioether (sulfide) groups is 1. The molecule has 3 nitrogen and oxygen atoms in total. The van der Waals surface area contributed by atoms with Gasteiger partial charge in [-0.05, 0) is 43.7 Å². The molecule has 2 rings (SSSR count). The van der Waals surface area contributed by atoms with E-state index < -0.39 is 0 Å². The van der Waals surface area contributed by atoms with Gasteiger partial charge in [-0.1, -0.05) is 26.0 Å². The second kappa shape index (κ2) is 7.66. The van der Waals surface area contributed by atoms with Crippen LogP contribution in [-0.4, -0.2) is 16.3 Å². The third kappa shape index (κ3) is 4.35. The Kier molecular flexibility index (Phi) is 5.88. The number of benzene rings is 1. The maximum atomic E-state index is 4.49. The SMILES string of the molecule is CCNC(C)c1ccc(SCc2cc(CC)nn2C)cc1. The number of hydrogen-bond acceptors (Lipinski definition) is 3. The van der Waals surface area contributed by atoms with Gasteiger partial charge in [-0.25, -0.2) is 0 Å². The fraction of sp³-hybridized carbons (Fsp3) is 0.471. The highest BCUT2D eigenvalue weighted by molar-refractivity contribution is 7.98. The summed E-state index contributed by atoms with van der Waals surface area (Å²) in [5.74, 6) is 0.964. The Labute approximate surface area is 132 Å². The summed E-state index contributed by atoms with van der Waals surface area (Å²) in [6, 6.07) is 11.5. The van der Waals surface area contributed by atoms with Gasteiger partial charge in [0.05, 0.1) is 5.69 Å². The molecule has 0 radical (unpaired) electrons. The lowest BCUT2D eigenvalue weighted by Gasteiger charge is -2.13. The van der Waals surface area contributed by atoms with E-state index in [-0.39, 0.29) is 0 Å². The summed E-state index contributed by atoms with van der Waals surface area (Å²) in [4.78, 5) is 1.31. The maximum Gasteiger partial charge on any atom is 0.0625 e. The van der Waals surface area contributed by atoms with Crippen LogP contribution in [0.4, 0.5) is 0 Å². The van der Waals surface area contributed by atoms with Crippen LogP contribution in [0.15, 0.2) is 35.2 Å². The summed E-state index contributed by atoms with van der Waals surface area (Å²) in [5, 5.41) is 7.93. The molecule has 0 aliphatic carbocycles. The summed E-state index contributed by atoms with van der Waals surface area (Å²) in [5.41, 5.74) is 3.79. The number of hydrogen-bond donors (Lipinski definition) is 1. The standard InChI is InChI=1S/C17H25N3S/c1-5-15-11-16(20(4)19-15)12-21-17-9-7-14(8-10-17)13(3)18-6-2/h7-11,13,18H,5-6,12H2,1-4H3. The van der Waals surface area contributed by atoms with E-state index in [0.29, 0.717) is 6.04 Å². The zero-order chi connectivity index (χ0) is 15.2. The molecule has 1 unspecified atom stereocenters. The normalized spacial score (nSPS) is 12.6. The van der Waals surface area contributed by atoms with Crippen molar-refractivity contribution in [1.82, 2.24) is 15.1 Å². The molecule has 0 fully saturated rings. The summed E-state index contributed by atoms with van der Waals surface area (Å²) in [6.07, 6.45) is 0.996. The minimum absolute atomic E-state index is 0.415. The van der Waals surface area contributed by atoms with Gasteiger partial charge < -0.3 is 5.32 Å². The van der Waals surface area contributed by atoms with Gasteiger partial charge in [0, 0.05) is 29.4 Å². The largest absolute Gasteiger partial charge is 0.310 e. The smallest absolute Gasteiger partial charge is 0.0625 e. The van der Waals surface area contributed by atoms with Crippen LogP contribution < -0.4 is 5.32 Å². The predicted molar refractivity (Wildman–Crippen MR) is 90.7 cm³/mol. The van der Waals surface area contributed by atoms with Gasteiger partial charge in [-0.15, -0.1) is 11.8 Å². The van der Waals surface area contributed by atoms with Crippen molar-refractivity contribution >= 4 is 11.8 Å². The number of nitrogens with one attached hydrogen (secondary N) is 1. The van der Waals surface area contributed by atoms with Crippen LogP contribution in [0.2, 0.25) is 0 Å². The fourth-order valence-electron chi connectivity index (χ4n) is 2.31. The quantitative estimate of drug-likeness (QED) is 0.786. The summed E-state index contributed by atoms with van der Waals surface area (Å²) in [7, 11) is 2.02. The Hall–Kier alpha value is -1.26. The molecule has 21 heavy (non-hydrogen) atoms. The molecule has 1 aromatic heterocycles. The van der Waals surface area contributed by atoms with Gasteiger partial charge in [-0.2, -0.15) is 5.10 Å². The highest BCUT2D eigenvalue weighted by Crippen LogP contribution is 2.24. The van der Waals surface area contributed by atoms with Crippen LogP contribution in [0, 0.1) is 0 Å². The molecule has 0 aliphatic heterocycles. The summed E-state index contributed by atoms with van der Waals surface area (Å²) < 4.78 is 1.99. The second-order valence-electron chi connectivity index (χ2n) is 5.24. The summed E-state index contributed by atoms with van der Waals surface area (Å²) in [6.45, 7) is 7.48. The molecule has 114 valence electrons. The van der Waals surface area contributed by atoms with Crippen LogP contribution in [0.3, 0.4) is 0 Å². The van der Waals surface area contributed by atoms with E-state index in [4.69, 9.17) is 0 Å². The molecule has 4 heteroatoms. The van der Waals surface area contributed by atoms with Crippen molar-refractivity contribution in [3.63, 3.8) is 0 Å². The Morgan fingerprint density at radius 3 is 2.52 bits per heavy atom. The van der Waals surface area contributed by atoms with Crippen molar-refractivity contribution < 1.29 is 0 Å². The van der Waals surface area contributed by atoms with Crippen LogP contribution in [0.25, 0.3) is 0 Å². The third-order valence-electron chi connectivity index (χ3n) is 3.67. The highest BCUT2D eigenvalue weighted by Gasteiger charge is 2.06. The van der Waals surface area contributed by atoms with Crippen molar-refractivity contribution in [3.8, 4) is 0 Å². The second-order valence-corrected chi connectivity index (χ2v) is 6.29. The van der Waals surface area contributed by atoms with E-state index in [2.05, 4.69) is 61.5 Å². The van der Waals surface area contributed by atoms with Gasteiger partial charge >= 0.3 is 0 Å². The predicted octanol–water partition coefficient (Wildman–Crippen LogP) is 3.95. The van der Waals surface area contributed by atoms with Gasteiger partial charge in [0.2, 0.25) is 0 Å². The Bertz CT molecular complexity index is 560. The molecule has 0 spiro atoms. The topological polar surface area (TPSA) is 29.9 Å². The van der Waals surface area contributed by atoms with E-state index in [1.165, 1.54) is 21.8 Å². The monoisotopic (exact) mass is 303 g/mol. The molecule has 0 amide bonds.